The van der Waals surface area contributed by atoms with Crippen molar-refractivity contribution >= 4 is 45.5 Å². The van der Waals surface area contributed by atoms with E-state index in [4.69, 9.17) is 4.74 Å². The molecule has 3 saturated heterocycles. The number of unbranched alkanes of at least 4 members (excludes halogenated alkanes) is 3. The molecule has 2 bridgehead atoms. The van der Waals surface area contributed by atoms with Crippen LogP contribution in [-0.2, 0) is 19.1 Å². The van der Waals surface area contributed by atoms with Gasteiger partial charge in [0, 0.05) is 35.8 Å². The zero-order valence-electron chi connectivity index (χ0n) is 22.3. The van der Waals surface area contributed by atoms with Crippen LogP contribution in [0, 0.1) is 11.8 Å². The molecule has 3 heterocycles. The molecule has 1 spiro atoms. The van der Waals surface area contributed by atoms with Crippen LogP contribution in [-0.4, -0.2) is 85.9 Å². The molecule has 2 amide bonds. The summed E-state index contributed by atoms with van der Waals surface area (Å²) in [6.07, 6.45) is 9.61. The summed E-state index contributed by atoms with van der Waals surface area (Å²) in [5.74, 6) is -1.63. The largest absolute Gasteiger partial charge is 0.465 e. The second kappa shape index (κ2) is 13.7. The Kier molecular flexibility index (Phi) is 11.2. The fourth-order valence-electron chi connectivity index (χ4n) is 6.34. The summed E-state index contributed by atoms with van der Waals surface area (Å²) in [7, 11) is 0. The molecule has 37 heavy (non-hydrogen) atoms. The van der Waals surface area contributed by atoms with E-state index >= 15 is 0 Å². The number of amides is 2. The van der Waals surface area contributed by atoms with Crippen LogP contribution in [0.5, 0.6) is 0 Å². The molecule has 3 aliphatic heterocycles. The highest BCUT2D eigenvalue weighted by Gasteiger charge is 2.76. The normalized spacial score (nSPS) is 30.8. The number of fused-ring (bicyclic) bond motifs is 1. The average Bonchev–Trinajstić information content (AvgIpc) is 3.46. The second-order valence-electron chi connectivity index (χ2n) is 10.5. The van der Waals surface area contributed by atoms with Crippen molar-refractivity contribution in [3.8, 4) is 0 Å². The molecule has 3 fully saturated rings. The van der Waals surface area contributed by atoms with Crippen molar-refractivity contribution in [2.24, 2.45) is 11.8 Å². The zero-order valence-corrected chi connectivity index (χ0v) is 24.7. The predicted molar refractivity (Wildman–Crippen MR) is 152 cm³/mol. The standard InChI is InChI=1S/C28H43BrN2O5S/c1-5-8-12-17-36-27(35)21-22-25(33)31(15-10-9-11-16-32)24(28(22)18-20(29)23(21)37-28)26(34)30(14-7-3)19(4)13-6-2/h5,7,19-24,32H,1,3,6,8-18H2,2,4H3/t19?,20?,21-,22+,23-,24?,28?/m1/s1. The Morgan fingerprint density at radius 3 is 2.70 bits per heavy atom. The number of hydrogen-bond acceptors (Lipinski definition) is 6. The Morgan fingerprint density at radius 2 is 2.05 bits per heavy atom. The van der Waals surface area contributed by atoms with Gasteiger partial charge in [-0.05, 0) is 51.9 Å². The van der Waals surface area contributed by atoms with Crippen LogP contribution in [0.3, 0.4) is 0 Å². The van der Waals surface area contributed by atoms with Crippen molar-refractivity contribution in [3.05, 3.63) is 25.3 Å². The number of aliphatic hydroxyl groups is 1. The fourth-order valence-corrected chi connectivity index (χ4v) is 9.94. The molecular weight excluding hydrogens is 556 g/mol. The Hall–Kier alpha value is -1.32. The van der Waals surface area contributed by atoms with Crippen LogP contribution in [0.15, 0.2) is 25.3 Å². The van der Waals surface area contributed by atoms with E-state index in [0.29, 0.717) is 45.4 Å². The second-order valence-corrected chi connectivity index (χ2v) is 13.2. The monoisotopic (exact) mass is 598 g/mol. The molecule has 9 heteroatoms. The number of likely N-dealkylation sites (tertiary alicyclic amines) is 1. The SMILES string of the molecule is C=CCCCOC(=O)[C@H]1[C@@H]2SC3(CC2Br)C(C(=O)N(CC=C)C(C)CCC)N(CCCCCO)C(=O)[C@H]13. The first kappa shape index (κ1) is 30.2. The van der Waals surface area contributed by atoms with Gasteiger partial charge in [0.15, 0.2) is 0 Å². The van der Waals surface area contributed by atoms with Crippen LogP contribution >= 0.6 is 27.7 Å². The van der Waals surface area contributed by atoms with E-state index in [0.717, 1.165) is 25.7 Å². The lowest BCUT2D eigenvalue weighted by molar-refractivity contribution is -0.154. The Balaban J connectivity index is 1.96. The first-order valence-electron chi connectivity index (χ1n) is 13.7. The van der Waals surface area contributed by atoms with E-state index < -0.39 is 22.6 Å². The maximum absolute atomic E-state index is 14.3. The topological polar surface area (TPSA) is 87.2 Å². The average molecular weight is 600 g/mol. The maximum Gasteiger partial charge on any atom is 0.310 e. The van der Waals surface area contributed by atoms with E-state index in [1.165, 1.54) is 0 Å². The summed E-state index contributed by atoms with van der Waals surface area (Å²) in [6, 6.07) is -0.613. The summed E-state index contributed by atoms with van der Waals surface area (Å²) in [5.41, 5.74) is 0. The lowest BCUT2D eigenvalue weighted by Crippen LogP contribution is -2.57. The zero-order chi connectivity index (χ0) is 27.2. The number of aliphatic hydroxyl groups excluding tert-OH is 1. The molecule has 7 nitrogen and oxygen atoms in total. The molecule has 0 saturated carbocycles. The van der Waals surface area contributed by atoms with Gasteiger partial charge in [0.05, 0.1) is 23.2 Å². The Morgan fingerprint density at radius 1 is 1.30 bits per heavy atom. The molecule has 0 aromatic heterocycles. The fraction of sp³-hybridized carbons (Fsp3) is 0.750. The molecule has 4 unspecified atom stereocenters. The van der Waals surface area contributed by atoms with Crippen LogP contribution < -0.4 is 0 Å². The highest BCUT2D eigenvalue weighted by atomic mass is 79.9. The molecule has 1 N–H and O–H groups in total. The van der Waals surface area contributed by atoms with Gasteiger partial charge in [-0.2, -0.15) is 0 Å². The third kappa shape index (κ3) is 5.98. The molecule has 208 valence electrons. The minimum absolute atomic E-state index is 0.0197. The van der Waals surface area contributed by atoms with E-state index in [1.807, 2.05) is 4.90 Å². The van der Waals surface area contributed by atoms with Gasteiger partial charge >= 0.3 is 5.97 Å². The van der Waals surface area contributed by atoms with E-state index in [-0.39, 0.29) is 40.5 Å². The number of ether oxygens (including phenoxy) is 1. The van der Waals surface area contributed by atoms with Gasteiger partial charge in [0.1, 0.15) is 6.04 Å². The smallest absolute Gasteiger partial charge is 0.310 e. The number of hydrogen-bond donors (Lipinski definition) is 1. The number of carbonyl (C=O) groups excluding carboxylic acids is 3. The third-order valence-corrected chi connectivity index (χ3v) is 11.2. The molecular formula is C28H43BrN2O5S. The molecule has 0 aromatic rings. The first-order valence-corrected chi connectivity index (χ1v) is 15.5. The molecule has 0 aliphatic carbocycles. The van der Waals surface area contributed by atoms with Crippen molar-refractivity contribution < 1.29 is 24.2 Å². The van der Waals surface area contributed by atoms with E-state index in [9.17, 15) is 19.5 Å². The number of thioether (sulfide) groups is 1. The Labute approximate surface area is 234 Å². The first-order chi connectivity index (χ1) is 17.8. The molecule has 0 aromatic carbocycles. The number of esters is 1. The third-order valence-electron chi connectivity index (χ3n) is 8.00. The minimum Gasteiger partial charge on any atom is -0.465 e. The number of carbonyl (C=O) groups is 3. The molecule has 3 aliphatic rings. The summed E-state index contributed by atoms with van der Waals surface area (Å²) < 4.78 is 4.99. The van der Waals surface area contributed by atoms with Crippen LogP contribution in [0.2, 0.25) is 0 Å². The van der Waals surface area contributed by atoms with Gasteiger partial charge in [0.25, 0.3) is 0 Å². The molecule has 3 rings (SSSR count). The molecule has 7 atom stereocenters. The highest BCUT2D eigenvalue weighted by molar-refractivity contribution is 9.09. The van der Waals surface area contributed by atoms with Crippen LogP contribution in [0.25, 0.3) is 0 Å². The van der Waals surface area contributed by atoms with Gasteiger partial charge in [-0.25, -0.2) is 0 Å². The summed E-state index contributed by atoms with van der Waals surface area (Å²) in [4.78, 5) is 45.4. The summed E-state index contributed by atoms with van der Waals surface area (Å²) in [6.45, 7) is 13.0. The van der Waals surface area contributed by atoms with Crippen molar-refractivity contribution in [1.29, 1.82) is 0 Å². The van der Waals surface area contributed by atoms with Crippen LogP contribution in [0.4, 0.5) is 0 Å². The van der Waals surface area contributed by atoms with Gasteiger partial charge in [-0.1, -0.05) is 41.4 Å². The number of rotatable bonds is 16. The minimum atomic E-state index is -0.667. The van der Waals surface area contributed by atoms with Crippen molar-refractivity contribution in [1.82, 2.24) is 9.80 Å². The van der Waals surface area contributed by atoms with Gasteiger partial charge in [-0.3, -0.25) is 14.4 Å². The predicted octanol–water partition coefficient (Wildman–Crippen LogP) is 4.33. The summed E-state index contributed by atoms with van der Waals surface area (Å²) >= 11 is 5.45. The van der Waals surface area contributed by atoms with E-state index in [2.05, 4.69) is 42.9 Å². The number of alkyl halides is 1. The summed E-state index contributed by atoms with van der Waals surface area (Å²) in [5, 5.41) is 9.12. The number of nitrogens with zero attached hydrogens (tertiary/aromatic N) is 2. The van der Waals surface area contributed by atoms with Gasteiger partial charge in [0.2, 0.25) is 11.8 Å². The van der Waals surface area contributed by atoms with Gasteiger partial charge < -0.3 is 19.6 Å². The van der Waals surface area contributed by atoms with Crippen molar-refractivity contribution in [3.63, 3.8) is 0 Å². The maximum atomic E-state index is 14.3. The quantitative estimate of drug-likeness (QED) is 0.123. The molecule has 0 radical (unpaired) electrons. The van der Waals surface area contributed by atoms with Crippen LogP contribution in [0.1, 0.15) is 65.2 Å². The van der Waals surface area contributed by atoms with E-state index in [1.54, 1.807) is 28.8 Å². The Bertz CT molecular complexity index is 856. The van der Waals surface area contributed by atoms with Crippen molar-refractivity contribution in [2.75, 3.05) is 26.3 Å². The number of halogens is 1. The lowest BCUT2D eigenvalue weighted by Gasteiger charge is -2.39. The lowest BCUT2D eigenvalue weighted by atomic mass is 9.71. The van der Waals surface area contributed by atoms with Gasteiger partial charge in [-0.15, -0.1) is 24.9 Å². The number of allylic oxidation sites excluding steroid dienone is 1. The van der Waals surface area contributed by atoms with Crippen molar-refractivity contribution in [2.45, 2.75) is 92.1 Å². The highest BCUT2D eigenvalue weighted by Crippen LogP contribution is 2.68.